The van der Waals surface area contributed by atoms with Crippen molar-refractivity contribution in [3.05, 3.63) is 47.9 Å². The minimum Gasteiger partial charge on any atom is -0.342 e. The van der Waals surface area contributed by atoms with Crippen molar-refractivity contribution < 1.29 is 4.79 Å². The topological polar surface area (TPSA) is 49.3 Å². The molecular weight excluding hydrogens is 380 g/mol. The van der Waals surface area contributed by atoms with Crippen LogP contribution in [0.5, 0.6) is 0 Å². The fourth-order valence-electron chi connectivity index (χ4n) is 4.55. The van der Waals surface area contributed by atoms with Crippen LogP contribution in [0.2, 0.25) is 0 Å². The number of likely N-dealkylation sites (tertiary alicyclic amines) is 2. The number of hydrogen-bond acceptors (Lipinski definition) is 5. The minimum atomic E-state index is 0.297. The highest BCUT2D eigenvalue weighted by molar-refractivity contribution is 7.13. The van der Waals surface area contributed by atoms with E-state index in [1.165, 1.54) is 34.1 Å². The second kappa shape index (κ2) is 8.20. The summed E-state index contributed by atoms with van der Waals surface area (Å²) < 4.78 is 0. The summed E-state index contributed by atoms with van der Waals surface area (Å²) in [6, 6.07) is 8.76. The molecule has 0 aliphatic carbocycles. The number of hydrogen-bond donors (Lipinski definition) is 0. The van der Waals surface area contributed by atoms with Crippen molar-refractivity contribution in [1.29, 1.82) is 0 Å². The third kappa shape index (κ3) is 4.05. The highest BCUT2D eigenvalue weighted by Crippen LogP contribution is 2.31. The van der Waals surface area contributed by atoms with E-state index in [1.54, 1.807) is 11.3 Å². The number of pyridine rings is 1. The molecule has 150 valence electrons. The largest absolute Gasteiger partial charge is 0.342 e. The third-order valence-electron chi connectivity index (χ3n) is 6.28. The zero-order chi connectivity index (χ0) is 19.6. The molecule has 2 saturated heterocycles. The van der Waals surface area contributed by atoms with E-state index in [9.17, 15) is 4.79 Å². The van der Waals surface area contributed by atoms with Gasteiger partial charge in [0.15, 0.2) is 0 Å². The summed E-state index contributed by atoms with van der Waals surface area (Å²) in [5.41, 5.74) is 4.24. The quantitative estimate of drug-likeness (QED) is 0.653. The standard InChI is InChI=1S/C23H26N4OS/c28-23(15-26-7-1-2-8-26)27-9-5-17(6-10-27)21-12-20-11-18(22-14-24-16-29-22)3-4-19(20)13-25-21/h3-4,11-14,16-17H,1-2,5-10,15H2. The molecule has 3 aromatic rings. The van der Waals surface area contributed by atoms with Crippen molar-refractivity contribution in [3.8, 4) is 10.4 Å². The molecule has 0 saturated carbocycles. The second-order valence-electron chi connectivity index (χ2n) is 8.18. The number of benzene rings is 1. The van der Waals surface area contributed by atoms with Gasteiger partial charge in [0.1, 0.15) is 0 Å². The van der Waals surface area contributed by atoms with Crippen molar-refractivity contribution in [2.75, 3.05) is 32.7 Å². The fraction of sp³-hybridized carbons (Fsp3) is 0.435. The molecule has 29 heavy (non-hydrogen) atoms. The lowest BCUT2D eigenvalue weighted by Crippen LogP contribution is -2.43. The van der Waals surface area contributed by atoms with Crippen LogP contribution in [0.3, 0.4) is 0 Å². The van der Waals surface area contributed by atoms with Crippen LogP contribution in [0.15, 0.2) is 42.2 Å². The van der Waals surface area contributed by atoms with E-state index < -0.39 is 0 Å². The number of nitrogens with zero attached hydrogens (tertiary/aromatic N) is 4. The van der Waals surface area contributed by atoms with Gasteiger partial charge in [-0.25, -0.2) is 0 Å². The van der Waals surface area contributed by atoms with Gasteiger partial charge in [0.05, 0.1) is 16.9 Å². The highest BCUT2D eigenvalue weighted by atomic mass is 32.1. The van der Waals surface area contributed by atoms with Gasteiger partial charge in [0.2, 0.25) is 5.91 Å². The Morgan fingerprint density at radius 3 is 2.62 bits per heavy atom. The van der Waals surface area contributed by atoms with E-state index in [-0.39, 0.29) is 0 Å². The van der Waals surface area contributed by atoms with Crippen LogP contribution in [0.4, 0.5) is 0 Å². The number of piperidine rings is 1. The predicted octanol–water partition coefficient (Wildman–Crippen LogP) is 4.16. The lowest BCUT2D eigenvalue weighted by molar-refractivity contribution is -0.133. The lowest BCUT2D eigenvalue weighted by Gasteiger charge is -2.33. The summed E-state index contributed by atoms with van der Waals surface area (Å²) in [7, 11) is 0. The van der Waals surface area contributed by atoms with Crippen LogP contribution in [0, 0.1) is 0 Å². The summed E-state index contributed by atoms with van der Waals surface area (Å²) in [4.78, 5) is 27.1. The first-order valence-corrected chi connectivity index (χ1v) is 11.4. The molecule has 4 heterocycles. The molecule has 5 nitrogen and oxygen atoms in total. The maximum atomic E-state index is 12.6. The van der Waals surface area contributed by atoms with Gasteiger partial charge >= 0.3 is 0 Å². The summed E-state index contributed by atoms with van der Waals surface area (Å²) in [6.45, 7) is 4.44. The molecule has 6 heteroatoms. The smallest absolute Gasteiger partial charge is 0.236 e. The number of carbonyl (C=O) groups excluding carboxylic acids is 1. The highest BCUT2D eigenvalue weighted by Gasteiger charge is 2.26. The van der Waals surface area contributed by atoms with Crippen molar-refractivity contribution in [3.63, 3.8) is 0 Å². The molecule has 2 aliphatic heterocycles. The van der Waals surface area contributed by atoms with E-state index in [0.717, 1.165) is 44.7 Å². The van der Waals surface area contributed by atoms with Crippen molar-refractivity contribution in [1.82, 2.24) is 19.8 Å². The average Bonchev–Trinajstić information content (AvgIpc) is 3.47. The first-order valence-electron chi connectivity index (χ1n) is 10.5. The molecule has 0 unspecified atom stereocenters. The molecule has 0 bridgehead atoms. The number of amides is 1. The zero-order valence-corrected chi connectivity index (χ0v) is 17.4. The Morgan fingerprint density at radius 1 is 1.03 bits per heavy atom. The van der Waals surface area contributed by atoms with Crippen molar-refractivity contribution in [2.24, 2.45) is 0 Å². The Labute approximate surface area is 175 Å². The Hall–Kier alpha value is -2.31. The molecule has 0 N–H and O–H groups in total. The van der Waals surface area contributed by atoms with Crippen LogP contribution in [0.1, 0.15) is 37.3 Å². The summed E-state index contributed by atoms with van der Waals surface area (Å²) >= 11 is 1.66. The second-order valence-corrected chi connectivity index (χ2v) is 9.06. The first kappa shape index (κ1) is 18.7. The molecule has 1 aromatic carbocycles. The summed E-state index contributed by atoms with van der Waals surface area (Å²) in [5, 5.41) is 2.40. The molecule has 1 amide bonds. The first-order chi connectivity index (χ1) is 14.3. The lowest BCUT2D eigenvalue weighted by atomic mass is 9.92. The molecule has 5 rings (SSSR count). The van der Waals surface area contributed by atoms with Gasteiger partial charge in [-0.05, 0) is 61.9 Å². The van der Waals surface area contributed by atoms with Crippen LogP contribution in [-0.2, 0) is 4.79 Å². The maximum Gasteiger partial charge on any atom is 0.236 e. The van der Waals surface area contributed by atoms with Gasteiger partial charge in [-0.1, -0.05) is 12.1 Å². The SMILES string of the molecule is O=C(CN1CCCC1)N1CCC(c2cc3cc(-c4cncs4)ccc3cn2)CC1. The molecular formula is C23H26N4OS. The van der Waals surface area contributed by atoms with E-state index in [0.29, 0.717) is 18.4 Å². The molecule has 2 aromatic heterocycles. The van der Waals surface area contributed by atoms with Gasteiger partial charge in [-0.15, -0.1) is 11.3 Å². The van der Waals surface area contributed by atoms with Crippen LogP contribution in [-0.4, -0.2) is 58.4 Å². The third-order valence-corrected chi connectivity index (χ3v) is 7.11. The van der Waals surface area contributed by atoms with E-state index in [2.05, 4.69) is 39.0 Å². The van der Waals surface area contributed by atoms with E-state index in [1.807, 2.05) is 17.9 Å². The zero-order valence-electron chi connectivity index (χ0n) is 16.6. The Bertz CT molecular complexity index is 989. The number of aromatic nitrogens is 2. The number of thiazole rings is 1. The molecule has 0 radical (unpaired) electrons. The van der Waals surface area contributed by atoms with Crippen molar-refractivity contribution in [2.45, 2.75) is 31.6 Å². The van der Waals surface area contributed by atoms with Crippen LogP contribution < -0.4 is 0 Å². The summed E-state index contributed by atoms with van der Waals surface area (Å²) in [6.07, 6.45) is 8.37. The van der Waals surface area contributed by atoms with Gasteiger partial charge in [-0.2, -0.15) is 0 Å². The molecule has 2 aliphatic rings. The van der Waals surface area contributed by atoms with Crippen molar-refractivity contribution >= 4 is 28.0 Å². The van der Waals surface area contributed by atoms with Crippen LogP contribution >= 0.6 is 11.3 Å². The average molecular weight is 407 g/mol. The number of rotatable bonds is 4. The molecule has 2 fully saturated rings. The number of carbonyl (C=O) groups is 1. The van der Waals surface area contributed by atoms with E-state index in [4.69, 9.17) is 4.98 Å². The Morgan fingerprint density at radius 2 is 1.86 bits per heavy atom. The maximum absolute atomic E-state index is 12.6. The van der Waals surface area contributed by atoms with Crippen LogP contribution in [0.25, 0.3) is 21.2 Å². The minimum absolute atomic E-state index is 0.297. The van der Waals surface area contributed by atoms with Gasteiger partial charge in [0.25, 0.3) is 0 Å². The monoisotopic (exact) mass is 406 g/mol. The fourth-order valence-corrected chi connectivity index (χ4v) is 5.17. The Kier molecular flexibility index (Phi) is 5.29. The Balaban J connectivity index is 1.27. The summed E-state index contributed by atoms with van der Waals surface area (Å²) in [5.74, 6) is 0.730. The molecule has 0 atom stereocenters. The number of fused-ring (bicyclic) bond motifs is 1. The predicted molar refractivity (Wildman–Crippen MR) is 117 cm³/mol. The van der Waals surface area contributed by atoms with Gasteiger partial charge < -0.3 is 4.90 Å². The van der Waals surface area contributed by atoms with E-state index >= 15 is 0 Å². The van der Waals surface area contributed by atoms with Gasteiger partial charge in [0, 0.05) is 42.5 Å². The normalized spacial score (nSPS) is 18.6. The van der Waals surface area contributed by atoms with Gasteiger partial charge in [-0.3, -0.25) is 19.7 Å². The molecule has 0 spiro atoms.